The van der Waals surface area contributed by atoms with Crippen molar-refractivity contribution < 1.29 is 19.4 Å². The van der Waals surface area contributed by atoms with Crippen molar-refractivity contribution in [1.29, 1.82) is 0 Å². The van der Waals surface area contributed by atoms with Crippen LogP contribution in [0.2, 0.25) is 0 Å². The van der Waals surface area contributed by atoms with Crippen LogP contribution in [0.25, 0.3) is 0 Å². The Labute approximate surface area is 195 Å². The minimum Gasteiger partial charge on any atom is -0.466 e. The Kier molecular flexibility index (Phi) is 6.59. The molecule has 9 atom stereocenters. The molecular formula is C28H46O4. The van der Waals surface area contributed by atoms with Crippen molar-refractivity contribution in [2.24, 2.45) is 46.3 Å². The molecule has 0 radical (unpaired) electrons. The van der Waals surface area contributed by atoms with Crippen LogP contribution in [0, 0.1) is 46.3 Å². The van der Waals surface area contributed by atoms with Gasteiger partial charge in [-0.3, -0.25) is 9.59 Å². The van der Waals surface area contributed by atoms with Crippen molar-refractivity contribution >= 4 is 11.8 Å². The summed E-state index contributed by atoms with van der Waals surface area (Å²) in [5.41, 5.74) is -1.82. The van der Waals surface area contributed by atoms with Crippen LogP contribution in [-0.4, -0.2) is 29.1 Å². The molecule has 4 rings (SSSR count). The number of carbonyl (C=O) groups is 2. The van der Waals surface area contributed by atoms with Crippen molar-refractivity contribution in [3.05, 3.63) is 0 Å². The van der Waals surface area contributed by atoms with Gasteiger partial charge in [0.15, 0.2) is 5.78 Å². The lowest BCUT2D eigenvalue weighted by Gasteiger charge is -2.61. The van der Waals surface area contributed by atoms with E-state index in [1.165, 1.54) is 6.42 Å². The summed E-state index contributed by atoms with van der Waals surface area (Å²) in [7, 11) is 0. The smallest absolute Gasteiger partial charge is 0.312 e. The predicted molar refractivity (Wildman–Crippen MR) is 126 cm³/mol. The van der Waals surface area contributed by atoms with E-state index in [-0.39, 0.29) is 40.8 Å². The lowest BCUT2D eigenvalue weighted by atomic mass is 9.43. The first kappa shape index (κ1) is 24.2. The van der Waals surface area contributed by atoms with E-state index in [4.69, 9.17) is 4.74 Å². The Morgan fingerprint density at radius 1 is 1.12 bits per heavy atom. The van der Waals surface area contributed by atoms with E-state index in [0.29, 0.717) is 24.9 Å². The maximum atomic E-state index is 13.9. The number of aliphatic hydroxyl groups is 1. The lowest BCUT2D eigenvalue weighted by molar-refractivity contribution is -0.194. The maximum absolute atomic E-state index is 13.9. The molecule has 0 heterocycles. The van der Waals surface area contributed by atoms with Crippen LogP contribution in [0.5, 0.6) is 0 Å². The monoisotopic (exact) mass is 446 g/mol. The van der Waals surface area contributed by atoms with Gasteiger partial charge in [-0.15, -0.1) is 0 Å². The normalized spacial score (nSPS) is 46.7. The Morgan fingerprint density at radius 2 is 1.88 bits per heavy atom. The van der Waals surface area contributed by atoms with Crippen molar-refractivity contribution in [2.75, 3.05) is 6.61 Å². The number of carbonyl (C=O) groups excluding carboxylic acids is 2. The summed E-state index contributed by atoms with van der Waals surface area (Å²) in [5, 5.41) is 12.0. The number of ether oxygens (including phenoxy) is 1. The molecular weight excluding hydrogens is 400 g/mol. The number of esters is 1. The number of rotatable bonds is 6. The molecule has 32 heavy (non-hydrogen) atoms. The number of Topliss-reactive ketones (excluding diaryl/α,β-unsaturated/α-hetero) is 1. The number of hydrogen-bond acceptors (Lipinski definition) is 4. The predicted octanol–water partition coefficient (Wildman–Crippen LogP) is 5.94. The Balaban J connectivity index is 1.78. The fourth-order valence-corrected chi connectivity index (χ4v) is 9.70. The third-order valence-corrected chi connectivity index (χ3v) is 10.7. The zero-order chi connectivity index (χ0) is 23.3. The first-order valence-corrected chi connectivity index (χ1v) is 13.7. The van der Waals surface area contributed by atoms with E-state index in [0.717, 1.165) is 57.8 Å². The molecule has 4 aliphatic rings. The molecule has 4 heteroatoms. The fraction of sp³-hybridized carbons (Fsp3) is 0.929. The number of hydrogen-bond donors (Lipinski definition) is 1. The van der Waals surface area contributed by atoms with Gasteiger partial charge in [0.05, 0.1) is 12.0 Å². The topological polar surface area (TPSA) is 63.6 Å². The zero-order valence-electron chi connectivity index (χ0n) is 21.1. The van der Waals surface area contributed by atoms with Crippen LogP contribution in [0.3, 0.4) is 0 Å². The van der Waals surface area contributed by atoms with Gasteiger partial charge in [0.1, 0.15) is 5.60 Å². The first-order chi connectivity index (χ1) is 15.2. The van der Waals surface area contributed by atoms with Gasteiger partial charge in [0, 0.05) is 11.8 Å². The quantitative estimate of drug-likeness (QED) is 0.513. The fourth-order valence-electron chi connectivity index (χ4n) is 9.70. The van der Waals surface area contributed by atoms with E-state index in [1.807, 2.05) is 13.8 Å². The Morgan fingerprint density at radius 3 is 2.53 bits per heavy atom. The molecule has 0 aromatic rings. The zero-order valence-corrected chi connectivity index (χ0v) is 21.1. The minimum atomic E-state index is -1.25. The summed E-state index contributed by atoms with van der Waals surface area (Å²) in [6.07, 6.45) is 10.9. The van der Waals surface area contributed by atoms with Gasteiger partial charge >= 0.3 is 5.97 Å². The molecule has 4 aliphatic carbocycles. The maximum Gasteiger partial charge on any atom is 0.312 e. The van der Waals surface area contributed by atoms with Crippen LogP contribution in [0.15, 0.2) is 0 Å². The molecule has 0 amide bonds. The van der Waals surface area contributed by atoms with Gasteiger partial charge in [0.2, 0.25) is 0 Å². The van der Waals surface area contributed by atoms with Crippen LogP contribution in [0.4, 0.5) is 0 Å². The van der Waals surface area contributed by atoms with Crippen molar-refractivity contribution in [3.63, 3.8) is 0 Å². The second-order valence-corrected chi connectivity index (χ2v) is 12.0. The standard InChI is InChI=1S/C28H46O4/c1-6-11-18(4)22-24(29)28(31,7-2)23-20-14-13-19-12-9-10-16-27(19,25(30)32-8-3)21(20)15-17-26(22,23)5/h18-23,31H,6-17H2,1-5H3/t18-,19?,20-,21+,22+,23+,26-,27-,28?/m1/s1. The minimum absolute atomic E-state index is 0.0169. The highest BCUT2D eigenvalue weighted by Gasteiger charge is 2.72. The number of fused-ring (bicyclic) bond motifs is 5. The molecule has 4 fully saturated rings. The molecule has 182 valence electrons. The molecule has 2 unspecified atom stereocenters. The summed E-state index contributed by atoms with van der Waals surface area (Å²) >= 11 is 0. The molecule has 4 nitrogen and oxygen atoms in total. The molecule has 0 aromatic carbocycles. The summed E-state index contributed by atoms with van der Waals surface area (Å²) < 4.78 is 5.75. The Hall–Kier alpha value is -0.900. The molecule has 0 spiro atoms. The summed E-state index contributed by atoms with van der Waals surface area (Å²) in [6, 6.07) is 0. The third-order valence-electron chi connectivity index (χ3n) is 10.7. The highest BCUT2D eigenvalue weighted by atomic mass is 16.5. The molecule has 0 bridgehead atoms. The molecule has 0 aromatic heterocycles. The van der Waals surface area contributed by atoms with Crippen LogP contribution < -0.4 is 0 Å². The highest BCUT2D eigenvalue weighted by Crippen LogP contribution is 2.70. The Bertz CT molecular complexity index is 733. The largest absolute Gasteiger partial charge is 0.466 e. The van der Waals surface area contributed by atoms with Crippen LogP contribution in [0.1, 0.15) is 105 Å². The second kappa shape index (κ2) is 8.71. The van der Waals surface area contributed by atoms with Gasteiger partial charge in [0.25, 0.3) is 0 Å². The third kappa shape index (κ3) is 3.17. The van der Waals surface area contributed by atoms with Crippen LogP contribution >= 0.6 is 0 Å². The van der Waals surface area contributed by atoms with Gasteiger partial charge in [-0.2, -0.15) is 0 Å². The highest BCUT2D eigenvalue weighted by molar-refractivity contribution is 5.93. The van der Waals surface area contributed by atoms with Crippen molar-refractivity contribution in [3.8, 4) is 0 Å². The van der Waals surface area contributed by atoms with Gasteiger partial charge in [-0.1, -0.05) is 53.4 Å². The first-order valence-electron chi connectivity index (χ1n) is 13.7. The summed E-state index contributed by atoms with van der Waals surface area (Å²) in [6.45, 7) is 11.0. The average molecular weight is 447 g/mol. The summed E-state index contributed by atoms with van der Waals surface area (Å²) in [4.78, 5) is 27.5. The second-order valence-electron chi connectivity index (χ2n) is 12.0. The van der Waals surface area contributed by atoms with E-state index in [1.54, 1.807) is 0 Å². The molecule has 0 aliphatic heterocycles. The molecule has 1 N–H and O–H groups in total. The van der Waals surface area contributed by atoms with E-state index >= 15 is 0 Å². The van der Waals surface area contributed by atoms with Gasteiger partial charge in [-0.05, 0) is 81.0 Å². The van der Waals surface area contributed by atoms with E-state index < -0.39 is 11.0 Å². The molecule has 4 saturated carbocycles. The van der Waals surface area contributed by atoms with Crippen molar-refractivity contribution in [2.45, 2.75) is 111 Å². The average Bonchev–Trinajstić information content (AvgIpc) is 2.96. The van der Waals surface area contributed by atoms with Gasteiger partial charge in [-0.25, -0.2) is 0 Å². The molecule has 0 saturated heterocycles. The van der Waals surface area contributed by atoms with E-state index in [9.17, 15) is 14.7 Å². The summed E-state index contributed by atoms with van der Waals surface area (Å²) in [5.74, 6) is 1.19. The van der Waals surface area contributed by atoms with Crippen molar-refractivity contribution in [1.82, 2.24) is 0 Å². The van der Waals surface area contributed by atoms with Gasteiger partial charge < -0.3 is 9.84 Å². The lowest BCUT2D eigenvalue weighted by Crippen LogP contribution is -2.60. The SMILES string of the molecule is CCC[C@@H](C)[C@H]1C(=O)C(O)(CC)[C@H]2[C@@H]3CCC4CCCC[C@]4(C(=O)OCC)[C@H]3CC[C@]12C. The number of ketones is 1. The van der Waals surface area contributed by atoms with Crippen LogP contribution in [-0.2, 0) is 14.3 Å². The van der Waals surface area contributed by atoms with E-state index in [2.05, 4.69) is 20.8 Å².